The summed E-state index contributed by atoms with van der Waals surface area (Å²) in [5.41, 5.74) is 0.552. The van der Waals surface area contributed by atoms with E-state index in [4.69, 9.17) is 21.7 Å². The van der Waals surface area contributed by atoms with Crippen LogP contribution >= 0.6 is 24.0 Å². The zero-order valence-corrected chi connectivity index (χ0v) is 14.8. The fraction of sp³-hybridized carbons (Fsp3) is 0.400. The average molecular weight is 354 g/mol. The molecule has 0 bridgehead atoms. The van der Waals surface area contributed by atoms with Gasteiger partial charge in [-0.25, -0.2) is 0 Å². The second-order valence-electron chi connectivity index (χ2n) is 4.88. The van der Waals surface area contributed by atoms with Gasteiger partial charge in [0.15, 0.2) is 0 Å². The average Bonchev–Trinajstić information content (AvgIpc) is 2.78. The zero-order valence-electron chi connectivity index (χ0n) is 13.1. The van der Waals surface area contributed by atoms with Gasteiger partial charge in [0.05, 0.1) is 25.2 Å². The monoisotopic (exact) mass is 354 g/mol. The third-order valence-electron chi connectivity index (χ3n) is 3.36. The van der Waals surface area contributed by atoms with Gasteiger partial charge in [0.25, 0.3) is 0 Å². The Morgan fingerprint density at radius 2 is 2.13 bits per heavy atom. The van der Waals surface area contributed by atoms with Gasteiger partial charge in [-0.15, -0.1) is 0 Å². The highest BCUT2D eigenvalue weighted by molar-refractivity contribution is 8.24. The van der Waals surface area contributed by atoms with E-state index in [9.17, 15) is 9.59 Å². The zero-order chi connectivity index (χ0) is 17.0. The number of thiocarbonyl (C=S) groups is 1. The van der Waals surface area contributed by atoms with E-state index >= 15 is 0 Å². The number of anilines is 1. The minimum atomic E-state index is -0.214. The highest BCUT2D eigenvalue weighted by atomic mass is 32.2. The summed E-state index contributed by atoms with van der Waals surface area (Å²) < 4.78 is 10.9. The summed E-state index contributed by atoms with van der Waals surface area (Å²) in [5, 5.41) is 2.60. The molecule has 1 aliphatic heterocycles. The quantitative estimate of drug-likeness (QED) is 0.791. The molecule has 1 aromatic rings. The van der Waals surface area contributed by atoms with E-state index in [1.165, 1.54) is 23.8 Å². The van der Waals surface area contributed by atoms with Crippen molar-refractivity contribution in [2.24, 2.45) is 0 Å². The highest BCUT2D eigenvalue weighted by Gasteiger charge is 2.33. The second-order valence-corrected chi connectivity index (χ2v) is 6.85. The number of methoxy groups -OCH3 is 2. The smallest absolute Gasteiger partial charge is 0.241 e. The van der Waals surface area contributed by atoms with Gasteiger partial charge in [-0.05, 0) is 19.1 Å². The van der Waals surface area contributed by atoms with Gasteiger partial charge in [-0.1, -0.05) is 24.0 Å². The molecule has 1 heterocycles. The van der Waals surface area contributed by atoms with Crippen molar-refractivity contribution in [1.82, 2.24) is 4.90 Å². The molecule has 1 atom stereocenters. The van der Waals surface area contributed by atoms with Gasteiger partial charge in [0, 0.05) is 19.0 Å². The standard InChI is InChI=1S/C15H18N2O4S2/c1-9-14(19)17(15(22)23-9)7-6-13(18)16-11-5-4-10(20-2)8-12(11)21-3/h4-5,8-9H,6-7H2,1-3H3,(H,16,18). The van der Waals surface area contributed by atoms with E-state index in [0.717, 1.165) is 0 Å². The fourth-order valence-corrected chi connectivity index (χ4v) is 3.56. The summed E-state index contributed by atoms with van der Waals surface area (Å²) in [6.07, 6.45) is 0.161. The predicted molar refractivity (Wildman–Crippen MR) is 94.2 cm³/mol. The van der Waals surface area contributed by atoms with Gasteiger partial charge in [-0.2, -0.15) is 0 Å². The van der Waals surface area contributed by atoms with Crippen molar-refractivity contribution in [3.05, 3.63) is 18.2 Å². The number of carbonyl (C=O) groups excluding carboxylic acids is 2. The highest BCUT2D eigenvalue weighted by Crippen LogP contribution is 2.29. The fourth-order valence-electron chi connectivity index (χ4n) is 2.10. The SMILES string of the molecule is COc1ccc(NC(=O)CCN2C(=O)C(C)SC2=S)c(OC)c1. The van der Waals surface area contributed by atoms with Gasteiger partial charge >= 0.3 is 0 Å². The van der Waals surface area contributed by atoms with Crippen LogP contribution in [0.15, 0.2) is 18.2 Å². The van der Waals surface area contributed by atoms with Crippen LogP contribution in [0.5, 0.6) is 11.5 Å². The Hall–Kier alpha value is -1.80. The van der Waals surface area contributed by atoms with Crippen molar-refractivity contribution in [3.8, 4) is 11.5 Å². The Morgan fingerprint density at radius 1 is 1.39 bits per heavy atom. The molecule has 1 N–H and O–H groups in total. The lowest BCUT2D eigenvalue weighted by molar-refractivity contribution is -0.126. The number of nitrogens with one attached hydrogen (secondary N) is 1. The van der Waals surface area contributed by atoms with Crippen LogP contribution in [-0.2, 0) is 9.59 Å². The molecule has 1 aliphatic rings. The van der Waals surface area contributed by atoms with Crippen molar-refractivity contribution in [2.45, 2.75) is 18.6 Å². The van der Waals surface area contributed by atoms with E-state index in [1.807, 2.05) is 6.92 Å². The lowest BCUT2D eigenvalue weighted by atomic mass is 10.2. The molecule has 124 valence electrons. The van der Waals surface area contributed by atoms with Gasteiger partial charge in [0.1, 0.15) is 15.8 Å². The minimum absolute atomic E-state index is 0.0465. The lowest BCUT2D eigenvalue weighted by Gasteiger charge is -2.15. The van der Waals surface area contributed by atoms with Gasteiger partial charge in [-0.3, -0.25) is 14.5 Å². The van der Waals surface area contributed by atoms with E-state index in [0.29, 0.717) is 21.5 Å². The van der Waals surface area contributed by atoms with Crippen LogP contribution in [0.4, 0.5) is 5.69 Å². The first-order valence-corrected chi connectivity index (χ1v) is 8.29. The molecule has 1 fully saturated rings. The molecule has 1 unspecified atom stereocenters. The van der Waals surface area contributed by atoms with E-state index in [1.54, 1.807) is 25.3 Å². The predicted octanol–water partition coefficient (Wildman–Crippen LogP) is 2.28. The van der Waals surface area contributed by atoms with Crippen LogP contribution in [-0.4, -0.2) is 47.0 Å². The van der Waals surface area contributed by atoms with Crippen molar-refractivity contribution < 1.29 is 19.1 Å². The molecular weight excluding hydrogens is 336 g/mol. The number of hydrogen-bond acceptors (Lipinski definition) is 6. The molecule has 0 spiro atoms. The van der Waals surface area contributed by atoms with Crippen molar-refractivity contribution >= 4 is 45.8 Å². The summed E-state index contributed by atoms with van der Waals surface area (Å²) in [6.45, 7) is 2.08. The summed E-state index contributed by atoms with van der Waals surface area (Å²) in [6, 6.07) is 5.13. The maximum absolute atomic E-state index is 12.1. The maximum Gasteiger partial charge on any atom is 0.241 e. The third kappa shape index (κ3) is 4.14. The number of carbonyl (C=O) groups is 2. The van der Waals surface area contributed by atoms with E-state index in [-0.39, 0.29) is 30.0 Å². The Balaban J connectivity index is 1.95. The summed E-state index contributed by atoms with van der Waals surface area (Å²) in [4.78, 5) is 25.5. The van der Waals surface area contributed by atoms with Crippen LogP contribution in [0, 0.1) is 0 Å². The molecule has 2 rings (SSSR count). The third-order valence-corrected chi connectivity index (χ3v) is 4.84. The molecule has 0 radical (unpaired) electrons. The van der Waals surface area contributed by atoms with Crippen molar-refractivity contribution in [1.29, 1.82) is 0 Å². The van der Waals surface area contributed by atoms with E-state index < -0.39 is 0 Å². The van der Waals surface area contributed by atoms with Crippen LogP contribution < -0.4 is 14.8 Å². The molecule has 6 nitrogen and oxygen atoms in total. The largest absolute Gasteiger partial charge is 0.497 e. The lowest BCUT2D eigenvalue weighted by Crippen LogP contribution is -2.33. The number of ether oxygens (including phenoxy) is 2. The number of hydrogen-bond donors (Lipinski definition) is 1. The van der Waals surface area contributed by atoms with Gasteiger partial charge in [0.2, 0.25) is 11.8 Å². The number of thioether (sulfide) groups is 1. The summed E-state index contributed by atoms with van der Waals surface area (Å²) in [5.74, 6) is 0.886. The first-order valence-electron chi connectivity index (χ1n) is 7.00. The maximum atomic E-state index is 12.1. The molecule has 0 aliphatic carbocycles. The van der Waals surface area contributed by atoms with Gasteiger partial charge < -0.3 is 14.8 Å². The Kier molecular flexibility index (Phi) is 5.84. The summed E-state index contributed by atoms with van der Waals surface area (Å²) >= 11 is 6.49. The van der Waals surface area contributed by atoms with Crippen molar-refractivity contribution in [3.63, 3.8) is 0 Å². The van der Waals surface area contributed by atoms with Crippen LogP contribution in [0.25, 0.3) is 0 Å². The Labute approximate surface area is 144 Å². The molecule has 1 saturated heterocycles. The number of benzene rings is 1. The molecule has 23 heavy (non-hydrogen) atoms. The first kappa shape index (κ1) is 17.6. The molecule has 8 heteroatoms. The van der Waals surface area contributed by atoms with Crippen LogP contribution in [0.3, 0.4) is 0 Å². The number of nitrogens with zero attached hydrogens (tertiary/aromatic N) is 1. The van der Waals surface area contributed by atoms with Crippen LogP contribution in [0.1, 0.15) is 13.3 Å². The molecule has 0 saturated carbocycles. The van der Waals surface area contributed by atoms with Crippen LogP contribution in [0.2, 0.25) is 0 Å². The van der Waals surface area contributed by atoms with Crippen molar-refractivity contribution in [2.75, 3.05) is 26.1 Å². The first-order chi connectivity index (χ1) is 11.0. The normalized spacial score (nSPS) is 17.3. The molecular formula is C15H18N2O4S2. The Morgan fingerprint density at radius 3 is 2.70 bits per heavy atom. The Bertz CT molecular complexity index is 636. The second kappa shape index (κ2) is 7.65. The molecule has 2 amide bonds. The molecule has 1 aromatic carbocycles. The van der Waals surface area contributed by atoms with E-state index in [2.05, 4.69) is 5.32 Å². The summed E-state index contributed by atoms with van der Waals surface area (Å²) in [7, 11) is 3.08. The minimum Gasteiger partial charge on any atom is -0.497 e. The molecule has 0 aromatic heterocycles. The number of rotatable bonds is 6. The number of amides is 2. The topological polar surface area (TPSA) is 67.9 Å².